The molecule has 1 aromatic carbocycles. The topological polar surface area (TPSA) is 86.7 Å². The maximum absolute atomic E-state index is 12.4. The van der Waals surface area contributed by atoms with Gasteiger partial charge in [0, 0.05) is 13.1 Å². The molecule has 6 nitrogen and oxygen atoms in total. The van der Waals surface area contributed by atoms with Crippen molar-refractivity contribution < 1.29 is 18.3 Å². The van der Waals surface area contributed by atoms with E-state index in [-0.39, 0.29) is 11.3 Å². The van der Waals surface area contributed by atoms with E-state index in [4.69, 9.17) is 0 Å². The fourth-order valence-electron chi connectivity index (χ4n) is 2.49. The van der Waals surface area contributed by atoms with Crippen LogP contribution in [0.5, 0.6) is 0 Å². The van der Waals surface area contributed by atoms with Crippen molar-refractivity contribution in [2.24, 2.45) is 5.92 Å². The molecule has 116 valence electrons. The molecule has 1 heterocycles. The quantitative estimate of drug-likeness (QED) is 0.891. The van der Waals surface area contributed by atoms with E-state index in [9.17, 15) is 18.3 Å². The Morgan fingerprint density at radius 1 is 1.43 bits per heavy atom. The van der Waals surface area contributed by atoms with Crippen LogP contribution in [0.1, 0.15) is 35.7 Å². The number of carboxylic acid groups (broad SMARTS) is 1. The molecular weight excluding hydrogens is 292 g/mol. The summed E-state index contributed by atoms with van der Waals surface area (Å²) >= 11 is 0. The second-order valence-corrected chi connectivity index (χ2v) is 7.24. The molecule has 0 spiro atoms. The predicted octanol–water partition coefficient (Wildman–Crippen LogP) is 2.08. The van der Waals surface area contributed by atoms with Crippen LogP contribution in [0, 0.1) is 12.8 Å². The van der Waals surface area contributed by atoms with Gasteiger partial charge in [-0.05, 0) is 37.8 Å². The molecule has 1 fully saturated rings. The number of hydrogen-bond donors (Lipinski definition) is 2. The number of piperidine rings is 1. The first-order valence-corrected chi connectivity index (χ1v) is 8.35. The van der Waals surface area contributed by atoms with Crippen LogP contribution in [0.4, 0.5) is 5.69 Å². The highest BCUT2D eigenvalue weighted by Gasteiger charge is 2.28. The highest BCUT2D eigenvalue weighted by Crippen LogP contribution is 2.23. The second kappa shape index (κ2) is 6.03. The number of aromatic carboxylic acids is 1. The Balaban J connectivity index is 2.26. The lowest BCUT2D eigenvalue weighted by atomic mass is 10.0. The monoisotopic (exact) mass is 312 g/mol. The number of carbonyl (C=O) groups is 1. The number of anilines is 1. The maximum atomic E-state index is 12.4. The largest absolute Gasteiger partial charge is 0.478 e. The first-order valence-electron chi connectivity index (χ1n) is 6.91. The van der Waals surface area contributed by atoms with Crippen molar-refractivity contribution in [1.29, 1.82) is 0 Å². The van der Waals surface area contributed by atoms with Crippen LogP contribution in [0.2, 0.25) is 0 Å². The molecule has 1 atom stereocenters. The van der Waals surface area contributed by atoms with Gasteiger partial charge in [0.2, 0.25) is 0 Å². The van der Waals surface area contributed by atoms with Crippen LogP contribution in [0.15, 0.2) is 18.2 Å². The van der Waals surface area contributed by atoms with E-state index in [1.807, 2.05) is 6.92 Å². The third-order valence-electron chi connectivity index (χ3n) is 3.60. The number of hydrogen-bond acceptors (Lipinski definition) is 3. The first-order chi connectivity index (χ1) is 9.79. The maximum Gasteiger partial charge on any atom is 0.337 e. The molecule has 1 aliphatic rings. The third kappa shape index (κ3) is 3.74. The highest BCUT2D eigenvalue weighted by atomic mass is 32.2. The predicted molar refractivity (Wildman–Crippen MR) is 80.7 cm³/mol. The summed E-state index contributed by atoms with van der Waals surface area (Å²) in [4.78, 5) is 11.2. The van der Waals surface area contributed by atoms with Gasteiger partial charge in [0.1, 0.15) is 0 Å². The summed E-state index contributed by atoms with van der Waals surface area (Å²) in [5.74, 6) is -0.837. The van der Waals surface area contributed by atoms with Gasteiger partial charge in [-0.2, -0.15) is 12.7 Å². The fourth-order valence-corrected chi connectivity index (χ4v) is 3.90. The Morgan fingerprint density at radius 3 is 2.76 bits per heavy atom. The lowest BCUT2D eigenvalue weighted by Gasteiger charge is -2.30. The van der Waals surface area contributed by atoms with Crippen LogP contribution < -0.4 is 4.72 Å². The SMILES string of the molecule is Cc1ccc(NS(=O)(=O)N2CCCC(C)C2)c(C(=O)O)c1. The van der Waals surface area contributed by atoms with Crippen molar-refractivity contribution >= 4 is 21.9 Å². The number of aryl methyl sites for hydroxylation is 1. The zero-order valence-electron chi connectivity index (χ0n) is 12.2. The normalized spacial score (nSPS) is 20.2. The minimum atomic E-state index is -3.72. The summed E-state index contributed by atoms with van der Waals surface area (Å²) in [6.45, 7) is 4.70. The van der Waals surface area contributed by atoms with E-state index in [1.165, 1.54) is 16.4 Å². The summed E-state index contributed by atoms with van der Waals surface area (Å²) in [6, 6.07) is 4.63. The summed E-state index contributed by atoms with van der Waals surface area (Å²) in [6.07, 6.45) is 1.83. The molecule has 21 heavy (non-hydrogen) atoms. The Kier molecular flexibility index (Phi) is 4.53. The molecule has 2 N–H and O–H groups in total. The van der Waals surface area contributed by atoms with Gasteiger partial charge in [0.05, 0.1) is 11.3 Å². The minimum Gasteiger partial charge on any atom is -0.478 e. The number of rotatable bonds is 4. The number of carboxylic acids is 1. The second-order valence-electron chi connectivity index (χ2n) is 5.57. The highest BCUT2D eigenvalue weighted by molar-refractivity contribution is 7.90. The Hall–Kier alpha value is -1.60. The van der Waals surface area contributed by atoms with E-state index in [1.54, 1.807) is 13.0 Å². The van der Waals surface area contributed by atoms with Crippen LogP contribution in [0.25, 0.3) is 0 Å². The molecule has 0 radical (unpaired) electrons. The molecule has 2 rings (SSSR count). The van der Waals surface area contributed by atoms with E-state index >= 15 is 0 Å². The standard InChI is InChI=1S/C14H20N2O4S/c1-10-5-6-13(12(8-10)14(17)18)15-21(19,20)16-7-3-4-11(2)9-16/h5-6,8,11,15H,3-4,7,9H2,1-2H3,(H,17,18). The average Bonchev–Trinajstić information content (AvgIpc) is 2.40. The van der Waals surface area contributed by atoms with Crippen molar-refractivity contribution in [3.05, 3.63) is 29.3 Å². The van der Waals surface area contributed by atoms with E-state index in [0.29, 0.717) is 19.0 Å². The van der Waals surface area contributed by atoms with Crippen LogP contribution >= 0.6 is 0 Å². The van der Waals surface area contributed by atoms with E-state index in [2.05, 4.69) is 4.72 Å². The molecule has 1 aromatic rings. The molecular formula is C14H20N2O4S. The molecule has 1 aliphatic heterocycles. The molecule has 1 unspecified atom stereocenters. The lowest BCUT2D eigenvalue weighted by molar-refractivity contribution is 0.0698. The fraction of sp³-hybridized carbons (Fsp3) is 0.500. The molecule has 0 saturated carbocycles. The Morgan fingerprint density at radius 2 is 2.14 bits per heavy atom. The van der Waals surface area contributed by atoms with Gasteiger partial charge >= 0.3 is 16.2 Å². The summed E-state index contributed by atoms with van der Waals surface area (Å²) in [5.41, 5.74) is 0.830. The number of nitrogens with zero attached hydrogens (tertiary/aromatic N) is 1. The smallest absolute Gasteiger partial charge is 0.337 e. The molecule has 7 heteroatoms. The summed E-state index contributed by atoms with van der Waals surface area (Å²) in [7, 11) is -3.72. The molecule has 0 aromatic heterocycles. The van der Waals surface area contributed by atoms with E-state index < -0.39 is 16.2 Å². The van der Waals surface area contributed by atoms with Gasteiger partial charge in [-0.25, -0.2) is 4.79 Å². The van der Waals surface area contributed by atoms with Crippen LogP contribution in [-0.2, 0) is 10.2 Å². The zero-order valence-corrected chi connectivity index (χ0v) is 13.0. The van der Waals surface area contributed by atoms with Crippen molar-refractivity contribution in [2.45, 2.75) is 26.7 Å². The van der Waals surface area contributed by atoms with Gasteiger partial charge in [0.25, 0.3) is 0 Å². The van der Waals surface area contributed by atoms with Crippen molar-refractivity contribution in [1.82, 2.24) is 4.31 Å². The lowest BCUT2D eigenvalue weighted by Crippen LogP contribution is -2.42. The molecule has 0 aliphatic carbocycles. The van der Waals surface area contributed by atoms with Gasteiger partial charge in [0.15, 0.2) is 0 Å². The van der Waals surface area contributed by atoms with Crippen molar-refractivity contribution in [3.63, 3.8) is 0 Å². The molecule has 0 bridgehead atoms. The number of nitrogens with one attached hydrogen (secondary N) is 1. The summed E-state index contributed by atoms with van der Waals surface area (Å²) < 4.78 is 28.5. The molecule has 0 amide bonds. The van der Waals surface area contributed by atoms with Crippen molar-refractivity contribution in [3.8, 4) is 0 Å². The average molecular weight is 312 g/mol. The Bertz CT molecular complexity index is 642. The Labute approximate surface area is 125 Å². The van der Waals surface area contributed by atoms with Gasteiger partial charge in [-0.1, -0.05) is 18.6 Å². The van der Waals surface area contributed by atoms with Crippen molar-refractivity contribution in [2.75, 3.05) is 17.8 Å². The first kappa shape index (κ1) is 15.8. The van der Waals surface area contributed by atoms with Gasteiger partial charge in [-0.15, -0.1) is 0 Å². The van der Waals surface area contributed by atoms with Gasteiger partial charge < -0.3 is 5.11 Å². The summed E-state index contributed by atoms with van der Waals surface area (Å²) in [5, 5.41) is 9.19. The molecule has 1 saturated heterocycles. The number of benzene rings is 1. The van der Waals surface area contributed by atoms with Crippen LogP contribution in [0.3, 0.4) is 0 Å². The van der Waals surface area contributed by atoms with Crippen LogP contribution in [-0.4, -0.2) is 36.9 Å². The minimum absolute atomic E-state index is 0.0383. The van der Waals surface area contributed by atoms with Gasteiger partial charge in [-0.3, -0.25) is 4.72 Å². The zero-order chi connectivity index (χ0) is 15.6. The third-order valence-corrected chi connectivity index (χ3v) is 5.09. The van der Waals surface area contributed by atoms with E-state index in [0.717, 1.165) is 18.4 Å².